The van der Waals surface area contributed by atoms with Crippen LogP contribution < -0.4 is 40.4 Å². The van der Waals surface area contributed by atoms with E-state index in [0.29, 0.717) is 32.5 Å². The Balaban J connectivity index is -0.0000000478. The minimum Gasteiger partial charge on any atom is -0.870 e. The van der Waals surface area contributed by atoms with Crippen molar-refractivity contribution in [3.8, 4) is 0 Å². The van der Waals surface area contributed by atoms with E-state index in [1.807, 2.05) is 23.1 Å². The Bertz CT molecular complexity index is 1530. The summed E-state index contributed by atoms with van der Waals surface area (Å²) in [5, 5.41) is 2.97. The van der Waals surface area contributed by atoms with Gasteiger partial charge in [-0.25, -0.2) is 14.2 Å². The molecular weight excluding hydrogens is 1300 g/mol. The maximum atomic E-state index is 13.0. The second-order valence-corrected chi connectivity index (χ2v) is 26.7. The molecule has 0 radical (unpaired) electrons. The van der Waals surface area contributed by atoms with E-state index in [9.17, 15) is 27.4 Å². The first-order valence-corrected chi connectivity index (χ1v) is 34.8. The fourth-order valence-corrected chi connectivity index (χ4v) is 11.8. The molecule has 0 aromatic carbocycles. The second-order valence-electron chi connectivity index (χ2n) is 14.6. The summed E-state index contributed by atoms with van der Waals surface area (Å²) in [6.45, 7) is 8.90. The summed E-state index contributed by atoms with van der Waals surface area (Å²) in [6.07, 6.45) is 3.03. The summed E-state index contributed by atoms with van der Waals surface area (Å²) >= 11 is 11.1. The van der Waals surface area contributed by atoms with E-state index in [4.69, 9.17) is 81.4 Å². The molecule has 80 heavy (non-hydrogen) atoms. The number of phosphoric ester groups is 1. The third-order valence-electron chi connectivity index (χ3n) is 7.37. The molecule has 0 amide bonds. The van der Waals surface area contributed by atoms with Crippen LogP contribution in [0.3, 0.4) is 0 Å². The standard InChI is InChI=1S/C16H36ClNO10P4.C5H12ClO3P.C5H12O3P.C4H9N.C3H6O3P.CH5P.11CH4.Cl2.Na.H2O/c1-13(9-22-4)27-31(17,20)23-10-15(3)28-32(21,25-12-29)24-11-14(2)26-30(5,19)18-16-7-6-8-16;1-5(4-8-2)9-10(3,6)7;1-5(4-7-2)8-9(3)6;5-4-2-1-3-4;1-3-2-5-7(4)6-3;1-2;;;;;;;;;;;;1-2;;/h13-16H,6-12,29H2,1-5H3,(H,18,19);5H,4H2,1-3H3;5H,4H2,1-3H3;4H,1-3,5H2;3H,2H2,1H3;2H2,1H3;11*1H4;;;1H2/q;;+1;;+1;;;;;;;;;;;;;;+1;/p-1/i12T;;;;;1T;;;;;;;;;;;;;;. The van der Waals surface area contributed by atoms with Crippen LogP contribution in [0.2, 0.25) is 0 Å². The fraction of sp³-hybridized carbons (Fsp3) is 1.00. The van der Waals surface area contributed by atoms with Crippen LogP contribution in [0, 0.1) is 0 Å². The van der Waals surface area contributed by atoms with Crippen molar-refractivity contribution in [1.82, 2.24) is 5.09 Å². The van der Waals surface area contributed by atoms with Gasteiger partial charge in [-0.2, -0.15) is 0 Å². The molecule has 0 bridgehead atoms. The molecule has 1 aliphatic heterocycles. The van der Waals surface area contributed by atoms with Crippen LogP contribution >= 0.6 is 108 Å². The number of nitrogens with one attached hydrogen (secondary N) is 1. The summed E-state index contributed by atoms with van der Waals surface area (Å²) in [4.78, 5) is 0. The zero-order valence-electron chi connectivity index (χ0n) is 44.0. The third kappa shape index (κ3) is 85.7. The zero-order valence-corrected chi connectivity index (χ0v) is 54.7. The van der Waals surface area contributed by atoms with Crippen LogP contribution in [0.15, 0.2) is 0 Å². The monoisotopic (exact) mass is 1430 g/mol. The normalized spacial score (nSPS) is 19.3. The van der Waals surface area contributed by atoms with Crippen molar-refractivity contribution < 1.29 is 125 Å². The molecule has 35 heteroatoms. The number of phosphoric acid groups is 1. The molecule has 502 valence electrons. The molecule has 1 heterocycles. The van der Waals surface area contributed by atoms with Gasteiger partial charge in [-0.15, -0.1) is 32.1 Å². The van der Waals surface area contributed by atoms with Gasteiger partial charge in [0.15, 0.2) is 6.66 Å². The molecule has 3 aliphatic rings. The van der Waals surface area contributed by atoms with Gasteiger partial charge in [-0.1, -0.05) is 101 Å². The van der Waals surface area contributed by atoms with Crippen molar-refractivity contribution in [2.75, 3.05) is 93.9 Å². The summed E-state index contributed by atoms with van der Waals surface area (Å²) in [7, 11) is 6.46. The number of methoxy groups -OCH3 is 3. The molecule has 3 rings (SSSR count). The molecule has 2 aliphatic carbocycles. The maximum absolute atomic E-state index is 13.0. The molecule has 22 nitrogen and oxygen atoms in total. The molecule has 15 unspecified atom stereocenters. The first-order valence-electron chi connectivity index (χ1n) is 21.8. The van der Waals surface area contributed by atoms with Gasteiger partial charge in [-0.3, -0.25) is 31.7 Å². The molecule has 0 spiro atoms. The number of halogens is 4. The first-order chi connectivity index (χ1) is 31.9. The van der Waals surface area contributed by atoms with E-state index < -0.39 is 69.9 Å². The Morgan fingerprint density at radius 1 is 0.713 bits per heavy atom. The minimum absolute atomic E-state index is 0. The van der Waals surface area contributed by atoms with E-state index in [1.165, 1.54) is 53.3 Å². The van der Waals surface area contributed by atoms with Crippen LogP contribution in [-0.2, 0) is 86.8 Å². The second kappa shape index (κ2) is 76.7. The SMILES string of the molecule is C.C.C.C.C.C.C.C.C.C.C.CC1CO[P+](=O)O1.COCC(C)OP(C)(=O)Cl.COCC(C)O[P+](C)=O.ClCl.NC1CCC1.[3H]C(P)OP(=O)(OCC(C)OP(C)(=O)NC1CCC1)OC(C)COP(=O)(Cl)OC(C)COC.[3H]CP.[Na+].[OH-]. The summed E-state index contributed by atoms with van der Waals surface area (Å²) in [5.41, 5.74) is 5.38. The van der Waals surface area contributed by atoms with E-state index in [0.717, 1.165) is 19.3 Å². The van der Waals surface area contributed by atoms with E-state index >= 15 is 0 Å². The summed E-state index contributed by atoms with van der Waals surface area (Å²) in [6, 6.07) is 0.725. The topological polar surface area (TPSA) is 290 Å². The Hall–Kier alpha value is 3.50. The number of ether oxygens (including phenoxy) is 3. The Kier molecular flexibility index (Phi) is 116. The Morgan fingerprint density at radius 2 is 1.07 bits per heavy atom. The smallest absolute Gasteiger partial charge is 0.870 e. The molecule has 0 aromatic rings. The predicted molar refractivity (Wildman–Crippen MR) is 353 cm³/mol. The third-order valence-corrected chi connectivity index (χ3v) is 14.9. The first kappa shape index (κ1) is 121. The summed E-state index contributed by atoms with van der Waals surface area (Å²) < 4.78 is 147. The molecular formula is C45H125Cl4N2NaO20P8+2. The van der Waals surface area contributed by atoms with Crippen LogP contribution in [0.5, 0.6) is 0 Å². The predicted octanol–water partition coefficient (Wildman–Crippen LogP) is 15.9. The van der Waals surface area contributed by atoms with Crippen molar-refractivity contribution in [3.63, 3.8) is 0 Å². The van der Waals surface area contributed by atoms with Gasteiger partial charge in [0.25, 0.3) is 14.2 Å². The maximum Gasteiger partial charge on any atom is 1.00 e. The zero-order chi connectivity index (χ0) is 54.4. The minimum atomic E-state index is -4.27. The van der Waals surface area contributed by atoms with Crippen LogP contribution in [0.1, 0.15) is 165 Å². The van der Waals surface area contributed by atoms with E-state index in [-0.39, 0.29) is 161 Å². The largest absolute Gasteiger partial charge is 1.00 e. The van der Waals surface area contributed by atoms with Gasteiger partial charge in [-0.05, 0) is 83.0 Å². The Morgan fingerprint density at radius 3 is 1.36 bits per heavy atom. The molecule has 0 aromatic heterocycles. The molecule has 1 saturated heterocycles. The quantitative estimate of drug-likeness (QED) is 0.0601. The number of hydrogen-bond acceptors (Lipinski definition) is 21. The van der Waals surface area contributed by atoms with Crippen molar-refractivity contribution in [2.45, 2.75) is 210 Å². The number of rotatable bonds is 26. The van der Waals surface area contributed by atoms with Crippen molar-refractivity contribution in [3.05, 3.63) is 0 Å². The number of nitrogens with two attached hydrogens (primary N) is 1. The van der Waals surface area contributed by atoms with Crippen molar-refractivity contribution in [2.24, 2.45) is 5.73 Å². The van der Waals surface area contributed by atoms with E-state index in [1.54, 1.807) is 35.0 Å². The van der Waals surface area contributed by atoms with Crippen molar-refractivity contribution >= 4 is 108 Å². The number of hydrogen-bond donors (Lipinski definition) is 2. The van der Waals surface area contributed by atoms with E-state index in [2.05, 4.69) is 45.1 Å². The van der Waals surface area contributed by atoms with Gasteiger partial charge < -0.3 is 34.5 Å². The Labute approximate surface area is 543 Å². The average Bonchev–Trinajstić information content (AvgIpc) is 3.56. The molecule has 2 saturated carbocycles. The van der Waals surface area contributed by atoms with Gasteiger partial charge in [0.05, 0.1) is 65.1 Å². The van der Waals surface area contributed by atoms with Crippen LogP contribution in [0.4, 0.5) is 0 Å². The molecule has 3 fully saturated rings. The molecule has 15 atom stereocenters. The van der Waals surface area contributed by atoms with Gasteiger partial charge in [0.2, 0.25) is 0 Å². The van der Waals surface area contributed by atoms with Gasteiger partial charge in [0, 0.05) is 85.6 Å². The van der Waals surface area contributed by atoms with Crippen LogP contribution in [-0.4, -0.2) is 148 Å². The van der Waals surface area contributed by atoms with Crippen molar-refractivity contribution in [1.29, 1.82) is 0 Å². The fourth-order valence-electron chi connectivity index (χ4n) is 4.50. The molecule has 4 N–H and O–H groups in total. The van der Waals surface area contributed by atoms with Gasteiger partial charge >= 0.3 is 60.6 Å². The summed E-state index contributed by atoms with van der Waals surface area (Å²) in [5.74, 6) is 0. The average molecular weight is 1430 g/mol. The van der Waals surface area contributed by atoms with Crippen LogP contribution in [0.25, 0.3) is 0 Å². The van der Waals surface area contributed by atoms with Gasteiger partial charge in [0.1, 0.15) is 18.8 Å².